The van der Waals surface area contributed by atoms with E-state index in [1.807, 2.05) is 0 Å². The van der Waals surface area contributed by atoms with Gasteiger partial charge in [0.2, 0.25) is 0 Å². The molecule has 0 N–H and O–H groups in total. The van der Waals surface area contributed by atoms with Gasteiger partial charge in [0.15, 0.2) is 6.29 Å². The second-order valence-corrected chi connectivity index (χ2v) is 4.21. The van der Waals surface area contributed by atoms with E-state index in [1.165, 1.54) is 32.4 Å². The Morgan fingerprint density at radius 3 is 2.43 bits per heavy atom. The minimum absolute atomic E-state index is 0.0700. The third-order valence-corrected chi connectivity index (χ3v) is 3.28. The van der Waals surface area contributed by atoms with E-state index in [0.29, 0.717) is 6.04 Å². The van der Waals surface area contributed by atoms with Crippen LogP contribution in [0.25, 0.3) is 0 Å². The summed E-state index contributed by atoms with van der Waals surface area (Å²) in [6.45, 7) is 6.36. The van der Waals surface area contributed by atoms with Crippen LogP contribution in [0, 0.1) is 0 Å². The molecule has 0 aromatic heterocycles. The average Bonchev–Trinajstić information content (AvgIpc) is 2.86. The van der Waals surface area contributed by atoms with Crippen LogP contribution in [0.5, 0.6) is 0 Å². The van der Waals surface area contributed by atoms with Crippen LogP contribution in [0.15, 0.2) is 0 Å². The summed E-state index contributed by atoms with van der Waals surface area (Å²) >= 11 is 0. The molecule has 1 atom stereocenters. The largest absolute Gasteiger partial charge is 0.350 e. The Balaban J connectivity index is 1.79. The van der Waals surface area contributed by atoms with E-state index in [1.54, 1.807) is 0 Å². The highest BCUT2D eigenvalue weighted by Crippen LogP contribution is 2.20. The van der Waals surface area contributed by atoms with Gasteiger partial charge in [0.05, 0.1) is 13.2 Å². The molecular formula is C11H21NO2. The number of nitrogens with zero attached hydrogens (tertiary/aromatic N) is 1. The summed E-state index contributed by atoms with van der Waals surface area (Å²) in [5, 5.41) is 0. The van der Waals surface area contributed by atoms with E-state index >= 15 is 0 Å². The van der Waals surface area contributed by atoms with Crippen LogP contribution in [-0.2, 0) is 9.47 Å². The summed E-state index contributed by atoms with van der Waals surface area (Å²) in [5.41, 5.74) is 0. The molecular weight excluding hydrogens is 178 g/mol. The smallest absolute Gasteiger partial charge is 0.159 e. The molecule has 0 aromatic rings. The van der Waals surface area contributed by atoms with Gasteiger partial charge in [-0.25, -0.2) is 0 Å². The summed E-state index contributed by atoms with van der Waals surface area (Å²) in [5.74, 6) is 0. The van der Waals surface area contributed by atoms with Crippen molar-refractivity contribution in [3.8, 4) is 0 Å². The predicted octanol–water partition coefficient (Wildman–Crippen LogP) is 1.62. The lowest BCUT2D eigenvalue weighted by Gasteiger charge is -2.27. The highest BCUT2D eigenvalue weighted by molar-refractivity contribution is 4.76. The second-order valence-electron chi connectivity index (χ2n) is 4.21. The minimum atomic E-state index is 0.0700. The minimum Gasteiger partial charge on any atom is -0.350 e. The van der Waals surface area contributed by atoms with E-state index in [2.05, 4.69) is 11.8 Å². The lowest BCUT2D eigenvalue weighted by atomic mass is 10.1. The summed E-state index contributed by atoms with van der Waals surface area (Å²) < 4.78 is 11.0. The monoisotopic (exact) mass is 199 g/mol. The number of ether oxygens (including phenoxy) is 2. The van der Waals surface area contributed by atoms with Gasteiger partial charge in [-0.3, -0.25) is 0 Å². The molecule has 3 nitrogen and oxygen atoms in total. The first-order chi connectivity index (χ1) is 6.90. The first kappa shape index (κ1) is 10.4. The molecule has 0 radical (unpaired) electrons. The number of rotatable bonds is 4. The van der Waals surface area contributed by atoms with Gasteiger partial charge in [-0.1, -0.05) is 6.92 Å². The van der Waals surface area contributed by atoms with Crippen LogP contribution in [0.2, 0.25) is 0 Å². The van der Waals surface area contributed by atoms with Gasteiger partial charge in [-0.05, 0) is 32.4 Å². The molecule has 0 bridgehead atoms. The highest BCUT2D eigenvalue weighted by Gasteiger charge is 2.26. The molecule has 1 unspecified atom stereocenters. The van der Waals surface area contributed by atoms with Gasteiger partial charge in [0.1, 0.15) is 0 Å². The zero-order valence-electron chi connectivity index (χ0n) is 9.08. The number of hydrogen-bond acceptors (Lipinski definition) is 3. The van der Waals surface area contributed by atoms with Crippen molar-refractivity contribution in [3.05, 3.63) is 0 Å². The maximum absolute atomic E-state index is 5.50. The molecule has 0 aliphatic carbocycles. The first-order valence-electron chi connectivity index (χ1n) is 5.87. The van der Waals surface area contributed by atoms with E-state index in [4.69, 9.17) is 9.47 Å². The first-order valence-corrected chi connectivity index (χ1v) is 5.87. The molecule has 82 valence electrons. The van der Waals surface area contributed by atoms with Crippen LogP contribution in [0.4, 0.5) is 0 Å². The van der Waals surface area contributed by atoms with Gasteiger partial charge >= 0.3 is 0 Å². The summed E-state index contributed by atoms with van der Waals surface area (Å²) in [6.07, 6.45) is 5.06. The third kappa shape index (κ3) is 2.47. The Morgan fingerprint density at radius 2 is 1.86 bits per heavy atom. The fourth-order valence-electron chi connectivity index (χ4n) is 2.45. The molecule has 3 heteroatoms. The zero-order chi connectivity index (χ0) is 9.80. The van der Waals surface area contributed by atoms with Crippen molar-refractivity contribution in [2.75, 3.05) is 26.3 Å². The van der Waals surface area contributed by atoms with Gasteiger partial charge in [0.25, 0.3) is 0 Å². The van der Waals surface area contributed by atoms with Gasteiger partial charge in [-0.2, -0.15) is 0 Å². The van der Waals surface area contributed by atoms with Crippen molar-refractivity contribution >= 4 is 0 Å². The standard InChI is InChI=1S/C11H21NO2/c1-2-10(12-5-3-4-6-12)9-11-13-7-8-14-11/h10-11H,2-9H2,1H3. The van der Waals surface area contributed by atoms with Gasteiger partial charge < -0.3 is 14.4 Å². The van der Waals surface area contributed by atoms with Gasteiger partial charge in [-0.15, -0.1) is 0 Å². The second kappa shape index (κ2) is 5.10. The molecule has 0 amide bonds. The zero-order valence-corrected chi connectivity index (χ0v) is 9.08. The quantitative estimate of drug-likeness (QED) is 0.687. The number of hydrogen-bond donors (Lipinski definition) is 0. The molecule has 0 aromatic carbocycles. The summed E-state index contributed by atoms with van der Waals surface area (Å²) in [4.78, 5) is 2.59. The summed E-state index contributed by atoms with van der Waals surface area (Å²) in [6, 6.07) is 0.667. The van der Waals surface area contributed by atoms with Crippen LogP contribution >= 0.6 is 0 Å². The van der Waals surface area contributed by atoms with Crippen molar-refractivity contribution in [2.45, 2.75) is 44.9 Å². The molecule has 2 fully saturated rings. The highest BCUT2D eigenvalue weighted by atomic mass is 16.7. The maximum atomic E-state index is 5.50. The Labute approximate surface area is 86.4 Å². The van der Waals surface area contributed by atoms with Crippen LogP contribution in [0.1, 0.15) is 32.6 Å². The molecule has 2 aliphatic rings. The van der Waals surface area contributed by atoms with E-state index in [-0.39, 0.29) is 6.29 Å². The molecule has 0 saturated carbocycles. The Morgan fingerprint density at radius 1 is 1.21 bits per heavy atom. The van der Waals surface area contributed by atoms with Crippen molar-refractivity contribution in [3.63, 3.8) is 0 Å². The van der Waals surface area contributed by atoms with Crippen molar-refractivity contribution < 1.29 is 9.47 Å². The molecule has 14 heavy (non-hydrogen) atoms. The normalized spacial score (nSPS) is 27.2. The molecule has 2 heterocycles. The molecule has 2 saturated heterocycles. The Bertz CT molecular complexity index is 163. The SMILES string of the molecule is CCC(CC1OCCO1)N1CCCC1. The fourth-order valence-corrected chi connectivity index (χ4v) is 2.45. The van der Waals surface area contributed by atoms with E-state index in [9.17, 15) is 0 Å². The van der Waals surface area contributed by atoms with Crippen molar-refractivity contribution in [2.24, 2.45) is 0 Å². The van der Waals surface area contributed by atoms with Crippen LogP contribution < -0.4 is 0 Å². The van der Waals surface area contributed by atoms with Crippen LogP contribution in [-0.4, -0.2) is 43.5 Å². The topological polar surface area (TPSA) is 21.7 Å². The molecule has 2 aliphatic heterocycles. The van der Waals surface area contributed by atoms with E-state index in [0.717, 1.165) is 19.6 Å². The van der Waals surface area contributed by atoms with Crippen molar-refractivity contribution in [1.82, 2.24) is 4.90 Å². The average molecular weight is 199 g/mol. The maximum Gasteiger partial charge on any atom is 0.159 e. The van der Waals surface area contributed by atoms with Crippen LogP contribution in [0.3, 0.4) is 0 Å². The fraction of sp³-hybridized carbons (Fsp3) is 1.00. The summed E-state index contributed by atoms with van der Waals surface area (Å²) in [7, 11) is 0. The Hall–Kier alpha value is -0.120. The predicted molar refractivity (Wildman–Crippen MR) is 55.2 cm³/mol. The van der Waals surface area contributed by atoms with Crippen molar-refractivity contribution in [1.29, 1.82) is 0 Å². The lowest BCUT2D eigenvalue weighted by Crippen LogP contribution is -2.35. The van der Waals surface area contributed by atoms with E-state index < -0.39 is 0 Å². The molecule has 2 rings (SSSR count). The van der Waals surface area contributed by atoms with Gasteiger partial charge in [0, 0.05) is 12.5 Å². The number of likely N-dealkylation sites (tertiary alicyclic amines) is 1. The lowest BCUT2D eigenvalue weighted by molar-refractivity contribution is -0.0616. The Kier molecular flexibility index (Phi) is 3.79. The third-order valence-electron chi connectivity index (χ3n) is 3.28. The molecule has 0 spiro atoms.